The summed E-state index contributed by atoms with van der Waals surface area (Å²) in [6.45, 7) is 0. The summed E-state index contributed by atoms with van der Waals surface area (Å²) in [5, 5.41) is 1.08. The number of hydrogen-bond acceptors (Lipinski definition) is 3. The van der Waals surface area contributed by atoms with Crippen LogP contribution in [0, 0.1) is 5.82 Å². The van der Waals surface area contributed by atoms with Crippen LogP contribution in [0.25, 0.3) is 0 Å². The molecule has 0 unspecified atom stereocenters. The summed E-state index contributed by atoms with van der Waals surface area (Å²) in [6.07, 6.45) is 0. The highest BCUT2D eigenvalue weighted by Crippen LogP contribution is 2.30. The van der Waals surface area contributed by atoms with E-state index in [1.165, 1.54) is 0 Å². The Morgan fingerprint density at radius 2 is 1.65 bits per heavy atom. The molecule has 1 heterocycles. The monoisotopic (exact) mass is 276 g/mol. The molecule has 1 saturated heterocycles. The molecule has 1 aliphatic heterocycles. The lowest BCUT2D eigenvalue weighted by Crippen LogP contribution is -2.30. The topological polar surface area (TPSA) is 66.5 Å². The highest BCUT2D eigenvalue weighted by atomic mass is 35.5. The third kappa shape index (κ3) is 1.85. The van der Waals surface area contributed by atoms with Crippen molar-refractivity contribution in [2.45, 2.75) is 0 Å². The second-order valence-corrected chi connectivity index (χ2v) is 3.94. The molecule has 1 fully saturated rings. The van der Waals surface area contributed by atoms with Crippen LogP contribution in [0.1, 0.15) is 0 Å². The average molecular weight is 277 g/mol. The van der Waals surface area contributed by atoms with E-state index >= 15 is 0 Å². The molecular weight excluding hydrogens is 274 g/mol. The van der Waals surface area contributed by atoms with Gasteiger partial charge in [0.15, 0.2) is 5.82 Å². The zero-order valence-corrected chi connectivity index (χ0v) is 9.47. The number of carbonyl (C=O) groups is 3. The number of hydrogen-bond donors (Lipinski definition) is 1. The third-order valence-corrected chi connectivity index (χ3v) is 2.60. The lowest BCUT2D eigenvalue weighted by Gasteiger charge is -2.12. The Morgan fingerprint density at radius 3 is 2.06 bits per heavy atom. The summed E-state index contributed by atoms with van der Waals surface area (Å²) >= 11 is 11.0. The van der Waals surface area contributed by atoms with E-state index in [0.29, 0.717) is 4.90 Å². The largest absolute Gasteiger partial charge is 0.336 e. The smallest absolute Gasteiger partial charge is 0.269 e. The first-order valence-electron chi connectivity index (χ1n) is 4.25. The summed E-state index contributed by atoms with van der Waals surface area (Å²) < 4.78 is 13.1. The second kappa shape index (κ2) is 3.97. The Balaban J connectivity index is 2.52. The molecule has 1 aliphatic rings. The molecule has 17 heavy (non-hydrogen) atoms. The van der Waals surface area contributed by atoms with Crippen LogP contribution in [0.5, 0.6) is 0 Å². The van der Waals surface area contributed by atoms with Gasteiger partial charge >= 0.3 is 17.8 Å². The number of imide groups is 2. The van der Waals surface area contributed by atoms with Gasteiger partial charge in [-0.2, -0.15) is 0 Å². The van der Waals surface area contributed by atoms with Crippen LogP contribution < -0.4 is 10.2 Å². The average Bonchev–Trinajstić information content (AvgIpc) is 2.49. The van der Waals surface area contributed by atoms with Crippen LogP contribution in [-0.4, -0.2) is 17.8 Å². The molecule has 4 amide bonds. The van der Waals surface area contributed by atoms with Gasteiger partial charge in [-0.05, 0) is 12.1 Å². The molecule has 0 radical (unpaired) electrons. The first kappa shape index (κ1) is 11.8. The van der Waals surface area contributed by atoms with Gasteiger partial charge in [-0.25, -0.2) is 14.1 Å². The summed E-state index contributed by atoms with van der Waals surface area (Å²) in [5.41, 5.74) is -0.0743. The Morgan fingerprint density at radius 1 is 1.12 bits per heavy atom. The highest BCUT2D eigenvalue weighted by molar-refractivity contribution is 6.53. The van der Waals surface area contributed by atoms with Crippen molar-refractivity contribution in [1.82, 2.24) is 5.32 Å². The molecule has 5 nitrogen and oxygen atoms in total. The Labute approximate surface area is 104 Å². The van der Waals surface area contributed by atoms with Crippen LogP contribution in [0.15, 0.2) is 12.1 Å². The highest BCUT2D eigenvalue weighted by Gasteiger charge is 2.38. The van der Waals surface area contributed by atoms with E-state index in [-0.39, 0.29) is 15.7 Å². The molecule has 1 aromatic rings. The number of rotatable bonds is 1. The van der Waals surface area contributed by atoms with Crippen LogP contribution in [0.4, 0.5) is 14.9 Å². The summed E-state index contributed by atoms with van der Waals surface area (Å²) in [7, 11) is 0. The van der Waals surface area contributed by atoms with E-state index in [1.807, 2.05) is 0 Å². The van der Waals surface area contributed by atoms with Gasteiger partial charge in [-0.15, -0.1) is 0 Å². The van der Waals surface area contributed by atoms with Crippen molar-refractivity contribution in [1.29, 1.82) is 0 Å². The predicted octanol–water partition coefficient (Wildman–Crippen LogP) is 1.72. The minimum Gasteiger partial charge on any atom is -0.269 e. The third-order valence-electron chi connectivity index (χ3n) is 2.05. The van der Waals surface area contributed by atoms with Crippen molar-refractivity contribution in [2.75, 3.05) is 4.90 Å². The minimum atomic E-state index is -1.08. The zero-order chi connectivity index (χ0) is 12.7. The maximum atomic E-state index is 13.1. The SMILES string of the molecule is O=C1NC(=O)N(c2cc(Cl)c(F)c(Cl)c2)C1=O. The fourth-order valence-electron chi connectivity index (χ4n) is 1.31. The van der Waals surface area contributed by atoms with Gasteiger partial charge in [0.05, 0.1) is 15.7 Å². The van der Waals surface area contributed by atoms with Crippen molar-refractivity contribution < 1.29 is 18.8 Å². The fourth-order valence-corrected chi connectivity index (χ4v) is 1.78. The number of urea groups is 1. The zero-order valence-electron chi connectivity index (χ0n) is 7.96. The summed E-state index contributed by atoms with van der Waals surface area (Å²) in [6, 6.07) is 1.12. The Bertz CT molecular complexity index is 538. The normalized spacial score (nSPS) is 15.5. The van der Waals surface area contributed by atoms with E-state index in [0.717, 1.165) is 12.1 Å². The summed E-state index contributed by atoms with van der Waals surface area (Å²) in [4.78, 5) is 34.1. The van der Waals surface area contributed by atoms with Gasteiger partial charge in [0.25, 0.3) is 0 Å². The summed E-state index contributed by atoms with van der Waals surface area (Å²) in [5.74, 6) is -3.00. The van der Waals surface area contributed by atoms with Crippen LogP contribution in [0.2, 0.25) is 10.0 Å². The van der Waals surface area contributed by atoms with Gasteiger partial charge in [0.2, 0.25) is 0 Å². The molecule has 8 heteroatoms. The Kier molecular flexibility index (Phi) is 2.76. The second-order valence-electron chi connectivity index (χ2n) is 3.12. The molecule has 2 rings (SSSR count). The number of benzene rings is 1. The molecular formula is C9H3Cl2FN2O3. The van der Waals surface area contributed by atoms with E-state index in [9.17, 15) is 18.8 Å². The molecule has 1 aromatic carbocycles. The molecule has 0 aromatic heterocycles. The lowest BCUT2D eigenvalue weighted by molar-refractivity contribution is -0.134. The minimum absolute atomic E-state index is 0.0743. The quantitative estimate of drug-likeness (QED) is 0.483. The Hall–Kier alpha value is -1.66. The molecule has 0 spiro atoms. The van der Waals surface area contributed by atoms with E-state index < -0.39 is 23.7 Å². The number of carbonyl (C=O) groups excluding carboxylic acids is 3. The first-order valence-corrected chi connectivity index (χ1v) is 5.01. The van der Waals surface area contributed by atoms with E-state index in [4.69, 9.17) is 23.2 Å². The molecule has 0 bridgehead atoms. The van der Waals surface area contributed by atoms with Crippen molar-refractivity contribution in [3.63, 3.8) is 0 Å². The van der Waals surface area contributed by atoms with Gasteiger partial charge < -0.3 is 0 Å². The fraction of sp³-hybridized carbons (Fsp3) is 0. The number of halogens is 3. The number of nitrogens with one attached hydrogen (secondary N) is 1. The van der Waals surface area contributed by atoms with Crippen molar-refractivity contribution in [2.24, 2.45) is 0 Å². The van der Waals surface area contributed by atoms with Crippen molar-refractivity contribution >= 4 is 46.7 Å². The molecule has 0 atom stereocenters. The van der Waals surface area contributed by atoms with Gasteiger partial charge in [-0.3, -0.25) is 14.9 Å². The molecule has 1 N–H and O–H groups in total. The lowest BCUT2D eigenvalue weighted by atomic mass is 10.3. The molecule has 0 saturated carbocycles. The van der Waals surface area contributed by atoms with Crippen molar-refractivity contribution in [3.05, 3.63) is 28.0 Å². The molecule has 0 aliphatic carbocycles. The molecule has 88 valence electrons. The van der Waals surface area contributed by atoms with Crippen LogP contribution >= 0.6 is 23.2 Å². The van der Waals surface area contributed by atoms with Crippen LogP contribution in [-0.2, 0) is 9.59 Å². The standard InChI is InChI=1S/C9H3Cl2FN2O3/c10-4-1-3(2-5(11)6(4)12)14-8(16)7(15)13-9(14)17/h1-2H,(H,13,15,17). The van der Waals surface area contributed by atoms with E-state index in [2.05, 4.69) is 0 Å². The van der Waals surface area contributed by atoms with Gasteiger partial charge in [-0.1, -0.05) is 23.2 Å². The predicted molar refractivity (Wildman–Crippen MR) is 57.4 cm³/mol. The van der Waals surface area contributed by atoms with Gasteiger partial charge in [0, 0.05) is 0 Å². The number of amides is 4. The van der Waals surface area contributed by atoms with Gasteiger partial charge in [0.1, 0.15) is 0 Å². The maximum absolute atomic E-state index is 13.1. The first-order chi connectivity index (χ1) is 7.91. The maximum Gasteiger partial charge on any atom is 0.336 e. The van der Waals surface area contributed by atoms with E-state index in [1.54, 1.807) is 5.32 Å². The van der Waals surface area contributed by atoms with Crippen molar-refractivity contribution in [3.8, 4) is 0 Å². The van der Waals surface area contributed by atoms with Crippen LogP contribution in [0.3, 0.4) is 0 Å². The number of nitrogens with zero attached hydrogens (tertiary/aromatic N) is 1. The number of anilines is 1.